The Labute approximate surface area is 165 Å². The molecule has 1 saturated heterocycles. The van der Waals surface area contributed by atoms with Gasteiger partial charge in [0.1, 0.15) is 5.54 Å². The molecule has 1 heterocycles. The van der Waals surface area contributed by atoms with E-state index in [0.29, 0.717) is 17.0 Å². The molecule has 0 radical (unpaired) electrons. The summed E-state index contributed by atoms with van der Waals surface area (Å²) in [7, 11) is 1.24. The van der Waals surface area contributed by atoms with Gasteiger partial charge in [-0.25, -0.2) is 4.79 Å². The Kier molecular flexibility index (Phi) is 5.18. The van der Waals surface area contributed by atoms with E-state index in [0.717, 1.165) is 12.3 Å². The first-order chi connectivity index (χ1) is 13.8. The van der Waals surface area contributed by atoms with Gasteiger partial charge in [-0.1, -0.05) is 37.3 Å². The number of aromatic hydroxyl groups is 1. The number of nitrogens with one attached hydrogen (secondary N) is 1. The van der Waals surface area contributed by atoms with Gasteiger partial charge in [-0.3, -0.25) is 14.9 Å². The number of urea groups is 1. The van der Waals surface area contributed by atoms with Crippen LogP contribution in [0.1, 0.15) is 24.5 Å². The molecule has 150 valence electrons. The van der Waals surface area contributed by atoms with Crippen molar-refractivity contribution in [1.29, 1.82) is 0 Å². The van der Waals surface area contributed by atoms with Gasteiger partial charge in [-0.05, 0) is 18.1 Å². The maximum Gasteiger partial charge on any atom is 0.346 e. The Morgan fingerprint density at radius 3 is 2.59 bits per heavy atom. The van der Waals surface area contributed by atoms with Crippen molar-refractivity contribution >= 4 is 23.8 Å². The molecular weight excluding hydrogens is 380 g/mol. The van der Waals surface area contributed by atoms with Gasteiger partial charge in [-0.15, -0.1) is 5.01 Å². The zero-order chi connectivity index (χ0) is 21.2. The highest BCUT2D eigenvalue weighted by Crippen LogP contribution is 2.37. The lowest BCUT2D eigenvalue weighted by atomic mass is 9.87. The zero-order valence-electron chi connectivity index (χ0n) is 15.7. The number of amides is 3. The molecule has 0 bridgehead atoms. The van der Waals surface area contributed by atoms with E-state index in [1.807, 2.05) is 0 Å². The minimum atomic E-state index is -1.24. The van der Waals surface area contributed by atoms with Gasteiger partial charge in [0.15, 0.2) is 5.75 Å². The normalized spacial score (nSPS) is 18.9. The van der Waals surface area contributed by atoms with Gasteiger partial charge in [0.25, 0.3) is 5.91 Å². The SMILES string of the molecule is CC[C@]1(c2ccccc2)NC(=O)N(/N=C/c2cc(OC)c(O)c([N+](=O)[O-])c2)C1=O. The second kappa shape index (κ2) is 7.58. The molecule has 1 fully saturated rings. The quantitative estimate of drug-likeness (QED) is 0.332. The maximum absolute atomic E-state index is 13.0. The molecule has 2 aromatic carbocycles. The highest BCUT2D eigenvalue weighted by Gasteiger charge is 2.51. The average molecular weight is 398 g/mol. The van der Waals surface area contributed by atoms with E-state index < -0.39 is 33.8 Å². The summed E-state index contributed by atoms with van der Waals surface area (Å²) in [6.07, 6.45) is 1.43. The lowest BCUT2D eigenvalue weighted by Gasteiger charge is -2.24. The van der Waals surface area contributed by atoms with Crippen molar-refractivity contribution in [3.05, 3.63) is 63.7 Å². The van der Waals surface area contributed by atoms with Crippen LogP contribution >= 0.6 is 0 Å². The van der Waals surface area contributed by atoms with Crippen molar-refractivity contribution in [3.63, 3.8) is 0 Å². The Morgan fingerprint density at radius 1 is 1.31 bits per heavy atom. The second-order valence-electron chi connectivity index (χ2n) is 6.26. The Morgan fingerprint density at radius 2 is 2.00 bits per heavy atom. The third-order valence-corrected chi connectivity index (χ3v) is 4.68. The third kappa shape index (κ3) is 3.35. The van der Waals surface area contributed by atoms with E-state index in [9.17, 15) is 24.8 Å². The maximum atomic E-state index is 13.0. The molecule has 2 aromatic rings. The van der Waals surface area contributed by atoms with Crippen LogP contribution in [0.3, 0.4) is 0 Å². The minimum Gasteiger partial charge on any atom is -0.500 e. The number of carbonyl (C=O) groups excluding carboxylic acids is 2. The van der Waals surface area contributed by atoms with E-state index in [-0.39, 0.29) is 11.3 Å². The van der Waals surface area contributed by atoms with Crippen LogP contribution in [-0.2, 0) is 10.3 Å². The van der Waals surface area contributed by atoms with Crippen LogP contribution in [0.4, 0.5) is 10.5 Å². The van der Waals surface area contributed by atoms with Crippen LogP contribution in [0.25, 0.3) is 0 Å². The first-order valence-corrected chi connectivity index (χ1v) is 8.65. The number of methoxy groups -OCH3 is 1. The number of hydrogen-bond acceptors (Lipinski definition) is 7. The summed E-state index contributed by atoms with van der Waals surface area (Å²) in [4.78, 5) is 35.7. The van der Waals surface area contributed by atoms with Crippen molar-refractivity contribution < 1.29 is 24.4 Å². The number of nitro benzene ring substituents is 1. The zero-order valence-corrected chi connectivity index (χ0v) is 15.7. The first-order valence-electron chi connectivity index (χ1n) is 8.65. The number of nitrogens with zero attached hydrogens (tertiary/aromatic N) is 3. The summed E-state index contributed by atoms with van der Waals surface area (Å²) in [5.41, 5.74) is -1.04. The molecule has 0 aromatic heterocycles. The highest BCUT2D eigenvalue weighted by atomic mass is 16.6. The largest absolute Gasteiger partial charge is 0.500 e. The van der Waals surface area contributed by atoms with Gasteiger partial charge < -0.3 is 15.2 Å². The van der Waals surface area contributed by atoms with Crippen LogP contribution in [0.15, 0.2) is 47.6 Å². The summed E-state index contributed by atoms with van der Waals surface area (Å²) < 4.78 is 4.92. The molecule has 0 aliphatic carbocycles. The van der Waals surface area contributed by atoms with Crippen molar-refractivity contribution in [3.8, 4) is 11.5 Å². The molecule has 10 nitrogen and oxygen atoms in total. The average Bonchev–Trinajstić information content (AvgIpc) is 2.98. The van der Waals surface area contributed by atoms with Crippen LogP contribution in [0, 0.1) is 10.1 Å². The predicted molar refractivity (Wildman–Crippen MR) is 103 cm³/mol. The van der Waals surface area contributed by atoms with Gasteiger partial charge in [0.05, 0.1) is 18.2 Å². The molecule has 1 atom stereocenters. The van der Waals surface area contributed by atoms with Gasteiger partial charge >= 0.3 is 11.7 Å². The van der Waals surface area contributed by atoms with E-state index >= 15 is 0 Å². The standard InChI is InChI=1S/C19H18N4O6/c1-3-19(13-7-5-4-6-8-13)17(25)22(18(26)21-19)20-11-12-9-14(23(27)28)16(24)15(10-12)29-2/h4-11,24H,3H2,1-2H3,(H,21,26)/b20-11+/t19-/m1/s1. The molecule has 0 spiro atoms. The van der Waals surface area contributed by atoms with Crippen molar-refractivity contribution in [1.82, 2.24) is 10.3 Å². The second-order valence-corrected chi connectivity index (χ2v) is 6.26. The van der Waals surface area contributed by atoms with Crippen LogP contribution in [-0.4, -0.2) is 40.3 Å². The fourth-order valence-corrected chi connectivity index (χ4v) is 3.14. The van der Waals surface area contributed by atoms with Crippen molar-refractivity contribution in [2.75, 3.05) is 7.11 Å². The van der Waals surface area contributed by atoms with Crippen molar-refractivity contribution in [2.24, 2.45) is 5.10 Å². The van der Waals surface area contributed by atoms with Crippen LogP contribution < -0.4 is 10.1 Å². The monoisotopic (exact) mass is 398 g/mol. The van der Waals surface area contributed by atoms with Gasteiger partial charge in [0.2, 0.25) is 5.75 Å². The topological polar surface area (TPSA) is 134 Å². The molecule has 0 unspecified atom stereocenters. The Bertz CT molecular complexity index is 1010. The summed E-state index contributed by atoms with van der Waals surface area (Å²) in [6, 6.07) is 10.5. The smallest absolute Gasteiger partial charge is 0.346 e. The summed E-state index contributed by atoms with van der Waals surface area (Å²) in [6.45, 7) is 1.77. The summed E-state index contributed by atoms with van der Waals surface area (Å²) in [5.74, 6) is -1.32. The number of nitro groups is 1. The fraction of sp³-hybridized carbons (Fsp3) is 0.211. The molecular formula is C19H18N4O6. The molecule has 0 saturated carbocycles. The van der Waals surface area contributed by atoms with Gasteiger partial charge in [-0.2, -0.15) is 5.10 Å². The van der Waals surface area contributed by atoms with Crippen LogP contribution in [0.5, 0.6) is 11.5 Å². The number of ether oxygens (including phenoxy) is 1. The number of carbonyl (C=O) groups is 2. The fourth-order valence-electron chi connectivity index (χ4n) is 3.14. The number of hydrazone groups is 1. The van der Waals surface area contributed by atoms with E-state index in [1.54, 1.807) is 37.3 Å². The molecule has 3 amide bonds. The van der Waals surface area contributed by atoms with E-state index in [1.165, 1.54) is 13.2 Å². The number of imide groups is 1. The van der Waals surface area contributed by atoms with Crippen LogP contribution in [0.2, 0.25) is 0 Å². The Hall–Kier alpha value is -3.95. The predicted octanol–water partition coefficient (Wildman–Crippen LogP) is 2.50. The molecule has 29 heavy (non-hydrogen) atoms. The number of phenols is 1. The molecule has 1 aliphatic rings. The molecule has 3 rings (SSSR count). The minimum absolute atomic E-state index is 0.134. The van der Waals surface area contributed by atoms with E-state index in [2.05, 4.69) is 10.4 Å². The van der Waals surface area contributed by atoms with Crippen molar-refractivity contribution in [2.45, 2.75) is 18.9 Å². The third-order valence-electron chi connectivity index (χ3n) is 4.68. The number of phenolic OH excluding ortho intramolecular Hbond substituents is 1. The highest BCUT2D eigenvalue weighted by molar-refractivity contribution is 6.07. The Balaban J connectivity index is 1.96. The van der Waals surface area contributed by atoms with Gasteiger partial charge in [0, 0.05) is 11.6 Å². The lowest BCUT2D eigenvalue weighted by molar-refractivity contribution is -0.386. The molecule has 10 heteroatoms. The number of benzene rings is 2. The molecule has 2 N–H and O–H groups in total. The summed E-state index contributed by atoms with van der Waals surface area (Å²) >= 11 is 0. The first kappa shape index (κ1) is 19.8. The lowest BCUT2D eigenvalue weighted by Crippen LogP contribution is -2.43. The number of rotatable bonds is 6. The summed E-state index contributed by atoms with van der Waals surface area (Å²) in [5, 5.41) is 28.2. The van der Waals surface area contributed by atoms with E-state index in [4.69, 9.17) is 4.74 Å². The number of hydrogen-bond donors (Lipinski definition) is 2. The molecule has 1 aliphatic heterocycles.